The summed E-state index contributed by atoms with van der Waals surface area (Å²) in [4.78, 5) is 0. The van der Waals surface area contributed by atoms with Crippen LogP contribution in [0.5, 0.6) is 0 Å². The van der Waals surface area contributed by atoms with Crippen molar-refractivity contribution in [3.63, 3.8) is 0 Å². The average molecular weight is 294 g/mol. The summed E-state index contributed by atoms with van der Waals surface area (Å²) in [5, 5.41) is 0. The van der Waals surface area contributed by atoms with Gasteiger partial charge < -0.3 is 14.0 Å². The van der Waals surface area contributed by atoms with Gasteiger partial charge in [0.15, 0.2) is 0 Å². The standard InChI is InChI=1S/C17H31BO3/c1-7-9-10-11-15(19-14-8-2)12-13-18-20-16(3,4)17(5,6)21-18/h8,12-13,15H,2,7,9-11,14H2,1,3-6H3. The number of rotatable bonds is 9. The predicted molar refractivity (Wildman–Crippen MR) is 89.3 cm³/mol. The van der Waals surface area contributed by atoms with Gasteiger partial charge in [0, 0.05) is 0 Å². The van der Waals surface area contributed by atoms with Crippen LogP contribution in [0.3, 0.4) is 0 Å². The molecule has 1 aliphatic heterocycles. The fraction of sp³-hybridized carbons (Fsp3) is 0.765. The summed E-state index contributed by atoms with van der Waals surface area (Å²) in [5.41, 5.74) is -0.580. The molecule has 1 aliphatic rings. The van der Waals surface area contributed by atoms with Gasteiger partial charge in [-0.25, -0.2) is 0 Å². The van der Waals surface area contributed by atoms with Crippen LogP contribution in [0.2, 0.25) is 0 Å². The fourth-order valence-corrected chi connectivity index (χ4v) is 2.20. The van der Waals surface area contributed by atoms with Gasteiger partial charge in [0.2, 0.25) is 0 Å². The first-order valence-electron chi connectivity index (χ1n) is 8.09. The van der Waals surface area contributed by atoms with E-state index in [0.29, 0.717) is 6.61 Å². The van der Waals surface area contributed by atoms with Crippen molar-refractivity contribution in [1.82, 2.24) is 0 Å². The highest BCUT2D eigenvalue weighted by Crippen LogP contribution is 2.36. The first-order chi connectivity index (χ1) is 9.82. The number of unbranched alkanes of at least 4 members (excludes halogenated alkanes) is 2. The normalized spacial score (nSPS) is 21.9. The third-order valence-electron chi connectivity index (χ3n) is 4.27. The lowest BCUT2D eigenvalue weighted by atomic mass is 9.89. The van der Waals surface area contributed by atoms with Crippen molar-refractivity contribution in [3.05, 3.63) is 24.7 Å². The fourth-order valence-electron chi connectivity index (χ4n) is 2.20. The van der Waals surface area contributed by atoms with Crippen molar-refractivity contribution in [3.8, 4) is 0 Å². The Kier molecular flexibility index (Phi) is 7.18. The molecule has 0 saturated carbocycles. The first kappa shape index (κ1) is 18.5. The lowest BCUT2D eigenvalue weighted by molar-refractivity contribution is 0.00578. The summed E-state index contributed by atoms with van der Waals surface area (Å²) in [6.45, 7) is 14.7. The molecule has 0 amide bonds. The van der Waals surface area contributed by atoms with E-state index >= 15 is 0 Å². The number of ether oxygens (including phenoxy) is 1. The van der Waals surface area contributed by atoms with Crippen LogP contribution in [-0.2, 0) is 14.0 Å². The number of hydrogen-bond acceptors (Lipinski definition) is 3. The second kappa shape index (κ2) is 8.16. The summed E-state index contributed by atoms with van der Waals surface area (Å²) in [6.07, 6.45) is 8.61. The van der Waals surface area contributed by atoms with E-state index in [1.165, 1.54) is 19.3 Å². The zero-order valence-corrected chi connectivity index (χ0v) is 14.4. The minimum Gasteiger partial charge on any atom is -0.400 e. The minimum absolute atomic E-state index is 0.105. The van der Waals surface area contributed by atoms with Gasteiger partial charge in [0.25, 0.3) is 0 Å². The highest BCUT2D eigenvalue weighted by atomic mass is 16.7. The molecule has 0 aromatic rings. The monoisotopic (exact) mass is 294 g/mol. The Labute approximate surface area is 130 Å². The minimum atomic E-state index is -0.295. The molecular weight excluding hydrogens is 263 g/mol. The Balaban J connectivity index is 2.55. The van der Waals surface area contributed by atoms with Crippen LogP contribution in [0.25, 0.3) is 0 Å². The Bertz CT molecular complexity index is 334. The van der Waals surface area contributed by atoms with Crippen molar-refractivity contribution in [2.45, 2.75) is 77.6 Å². The summed E-state index contributed by atoms with van der Waals surface area (Å²) < 4.78 is 17.7. The van der Waals surface area contributed by atoms with E-state index in [1.54, 1.807) is 6.08 Å². The molecule has 1 unspecified atom stereocenters. The third-order valence-corrected chi connectivity index (χ3v) is 4.27. The molecule has 0 radical (unpaired) electrons. The molecule has 0 aromatic carbocycles. The second-order valence-corrected chi connectivity index (χ2v) is 6.67. The molecule has 1 rings (SSSR count). The maximum absolute atomic E-state index is 5.96. The van der Waals surface area contributed by atoms with Crippen LogP contribution < -0.4 is 0 Å². The van der Waals surface area contributed by atoms with E-state index in [-0.39, 0.29) is 24.4 Å². The Hall–Kier alpha value is -0.575. The van der Waals surface area contributed by atoms with E-state index in [2.05, 4.69) is 47.3 Å². The zero-order valence-electron chi connectivity index (χ0n) is 14.4. The van der Waals surface area contributed by atoms with Crippen molar-refractivity contribution >= 4 is 7.12 Å². The highest BCUT2D eigenvalue weighted by Gasteiger charge is 2.50. The van der Waals surface area contributed by atoms with Gasteiger partial charge in [0.1, 0.15) is 0 Å². The lowest BCUT2D eigenvalue weighted by Gasteiger charge is -2.32. The molecule has 3 nitrogen and oxygen atoms in total. The molecule has 0 bridgehead atoms. The summed E-state index contributed by atoms with van der Waals surface area (Å²) >= 11 is 0. The zero-order chi connectivity index (χ0) is 15.9. The molecule has 1 saturated heterocycles. The molecule has 21 heavy (non-hydrogen) atoms. The maximum Gasteiger partial charge on any atom is 0.486 e. The highest BCUT2D eigenvalue weighted by molar-refractivity contribution is 6.51. The smallest absolute Gasteiger partial charge is 0.400 e. The largest absolute Gasteiger partial charge is 0.486 e. The Morgan fingerprint density at radius 1 is 1.14 bits per heavy atom. The average Bonchev–Trinajstić information content (AvgIpc) is 2.60. The summed E-state index contributed by atoms with van der Waals surface area (Å²) in [5.74, 6) is 1.98. The topological polar surface area (TPSA) is 27.7 Å². The molecule has 120 valence electrons. The maximum atomic E-state index is 5.96. The molecule has 1 fully saturated rings. The van der Waals surface area contributed by atoms with E-state index < -0.39 is 0 Å². The Morgan fingerprint density at radius 3 is 2.29 bits per heavy atom. The van der Waals surface area contributed by atoms with Gasteiger partial charge in [-0.15, -0.1) is 6.58 Å². The molecule has 1 atom stereocenters. The summed E-state index contributed by atoms with van der Waals surface area (Å²) in [7, 11) is -0.295. The van der Waals surface area contributed by atoms with E-state index in [4.69, 9.17) is 14.0 Å². The SMILES string of the molecule is C=CCOC(C=CB1OC(C)(C)C(C)(C)O1)CCCCC. The molecule has 0 N–H and O–H groups in total. The van der Waals surface area contributed by atoms with E-state index in [0.717, 1.165) is 6.42 Å². The van der Waals surface area contributed by atoms with Gasteiger partial charge in [-0.3, -0.25) is 0 Å². The number of hydrogen-bond donors (Lipinski definition) is 0. The molecule has 0 spiro atoms. The van der Waals surface area contributed by atoms with Crippen molar-refractivity contribution in [2.75, 3.05) is 6.61 Å². The van der Waals surface area contributed by atoms with Crippen molar-refractivity contribution in [1.29, 1.82) is 0 Å². The van der Waals surface area contributed by atoms with E-state index in [9.17, 15) is 0 Å². The van der Waals surface area contributed by atoms with Crippen LogP contribution >= 0.6 is 0 Å². The van der Waals surface area contributed by atoms with Gasteiger partial charge in [-0.05, 0) is 34.1 Å². The molecular formula is C17H31BO3. The summed E-state index contributed by atoms with van der Waals surface area (Å²) in [6, 6.07) is 0. The van der Waals surface area contributed by atoms with Gasteiger partial charge in [0.05, 0.1) is 23.9 Å². The van der Waals surface area contributed by atoms with Gasteiger partial charge >= 0.3 is 7.12 Å². The van der Waals surface area contributed by atoms with Crippen LogP contribution in [0.4, 0.5) is 0 Å². The van der Waals surface area contributed by atoms with E-state index in [1.807, 2.05) is 5.98 Å². The lowest BCUT2D eigenvalue weighted by Crippen LogP contribution is -2.41. The molecule has 1 heterocycles. The van der Waals surface area contributed by atoms with Crippen LogP contribution in [0.15, 0.2) is 24.7 Å². The van der Waals surface area contributed by atoms with Gasteiger partial charge in [-0.1, -0.05) is 44.3 Å². The van der Waals surface area contributed by atoms with Crippen LogP contribution in [0, 0.1) is 0 Å². The van der Waals surface area contributed by atoms with Gasteiger partial charge in [-0.2, -0.15) is 0 Å². The van der Waals surface area contributed by atoms with Crippen molar-refractivity contribution < 1.29 is 14.0 Å². The molecule has 0 aliphatic carbocycles. The quantitative estimate of drug-likeness (QED) is 0.360. The van der Waals surface area contributed by atoms with Crippen LogP contribution in [-0.4, -0.2) is 31.0 Å². The Morgan fingerprint density at radius 2 is 1.76 bits per heavy atom. The molecule has 0 aromatic heterocycles. The van der Waals surface area contributed by atoms with Crippen LogP contribution in [0.1, 0.15) is 60.3 Å². The second-order valence-electron chi connectivity index (χ2n) is 6.67. The van der Waals surface area contributed by atoms with Crippen molar-refractivity contribution in [2.24, 2.45) is 0 Å². The molecule has 4 heteroatoms. The first-order valence-corrected chi connectivity index (χ1v) is 8.09. The third kappa shape index (κ3) is 5.61. The predicted octanol–water partition coefficient (Wildman–Crippen LogP) is 4.33.